The smallest absolute Gasteiger partial charge is 0.130 e. The number of fused-ring (bicyclic) bond motifs is 1. The van der Waals surface area contributed by atoms with Gasteiger partial charge in [0.1, 0.15) is 23.4 Å². The van der Waals surface area contributed by atoms with E-state index in [2.05, 4.69) is 0 Å². The number of ether oxygens (including phenoxy) is 1. The molecule has 0 aliphatic carbocycles. The minimum Gasteiger partial charge on any atom is -0.508 e. The first-order chi connectivity index (χ1) is 11.8. The van der Waals surface area contributed by atoms with Crippen LogP contribution in [0, 0.1) is 0 Å². The highest BCUT2D eigenvalue weighted by Gasteiger charge is 2.30. The summed E-state index contributed by atoms with van der Waals surface area (Å²) in [6.07, 6.45) is 0.458. The molecular weight excluding hydrogens is 320 g/mol. The standard InChI is InChI=1S/C20H24O5/c1-20(2,24)18(23)11-15-16(22)9-5-13-6-10-17(25-19(13)15)12-3-7-14(21)8-4-12/h3-5,7-9,17-18,21-24H,6,10-11H2,1-2H3/t17-,18+/m1/s1. The summed E-state index contributed by atoms with van der Waals surface area (Å²) in [4.78, 5) is 0. The summed E-state index contributed by atoms with van der Waals surface area (Å²) >= 11 is 0. The fourth-order valence-electron chi connectivity index (χ4n) is 3.06. The Morgan fingerprint density at radius 1 is 1.12 bits per heavy atom. The number of phenolic OH excluding ortho intramolecular Hbond substituents is 2. The fourth-order valence-corrected chi connectivity index (χ4v) is 3.06. The Kier molecular flexibility index (Phi) is 4.62. The van der Waals surface area contributed by atoms with Crippen molar-refractivity contribution >= 4 is 0 Å². The summed E-state index contributed by atoms with van der Waals surface area (Å²) in [5.74, 6) is 0.827. The third-order valence-electron chi connectivity index (χ3n) is 4.73. The van der Waals surface area contributed by atoms with E-state index in [4.69, 9.17) is 4.74 Å². The SMILES string of the molecule is CC(C)(O)[C@@H](O)Cc1c(O)ccc2c1O[C@@H](c1ccc(O)cc1)CC2. The zero-order chi connectivity index (χ0) is 18.2. The molecule has 0 saturated carbocycles. The molecule has 0 bridgehead atoms. The second-order valence-electron chi connectivity index (χ2n) is 7.16. The highest BCUT2D eigenvalue weighted by molar-refractivity contribution is 5.51. The molecular formula is C20H24O5. The Labute approximate surface area is 147 Å². The molecule has 5 nitrogen and oxygen atoms in total. The monoisotopic (exact) mass is 344 g/mol. The number of aromatic hydroxyl groups is 2. The van der Waals surface area contributed by atoms with Crippen molar-refractivity contribution in [3.05, 3.63) is 53.1 Å². The van der Waals surface area contributed by atoms with Crippen LogP contribution in [-0.4, -0.2) is 32.1 Å². The highest BCUT2D eigenvalue weighted by Crippen LogP contribution is 2.41. The Balaban J connectivity index is 1.92. The lowest BCUT2D eigenvalue weighted by molar-refractivity contribution is -0.0474. The van der Waals surface area contributed by atoms with E-state index in [1.165, 1.54) is 13.8 Å². The Bertz CT molecular complexity index is 746. The predicted molar refractivity (Wildman–Crippen MR) is 93.9 cm³/mol. The van der Waals surface area contributed by atoms with Crippen molar-refractivity contribution in [2.45, 2.75) is 50.9 Å². The molecule has 25 heavy (non-hydrogen) atoms. The van der Waals surface area contributed by atoms with Gasteiger partial charge in [0.25, 0.3) is 0 Å². The minimum atomic E-state index is -1.28. The molecule has 5 heteroatoms. The molecule has 3 rings (SSSR count). The van der Waals surface area contributed by atoms with Crippen LogP contribution in [0.3, 0.4) is 0 Å². The number of aryl methyl sites for hydroxylation is 1. The zero-order valence-corrected chi connectivity index (χ0v) is 14.4. The molecule has 2 aromatic carbocycles. The molecule has 0 unspecified atom stereocenters. The predicted octanol–water partition coefficient (Wildman–Crippen LogP) is 2.84. The minimum absolute atomic E-state index is 0.0495. The van der Waals surface area contributed by atoms with Crippen LogP contribution in [0.1, 0.15) is 43.1 Å². The van der Waals surface area contributed by atoms with Gasteiger partial charge < -0.3 is 25.2 Å². The maximum atomic E-state index is 10.3. The maximum absolute atomic E-state index is 10.3. The molecule has 4 N–H and O–H groups in total. The summed E-state index contributed by atoms with van der Waals surface area (Å²) in [7, 11) is 0. The van der Waals surface area contributed by atoms with E-state index < -0.39 is 11.7 Å². The fraction of sp³-hybridized carbons (Fsp3) is 0.400. The van der Waals surface area contributed by atoms with Crippen LogP contribution in [0.5, 0.6) is 17.2 Å². The van der Waals surface area contributed by atoms with E-state index in [0.29, 0.717) is 11.3 Å². The summed E-state index contributed by atoms with van der Waals surface area (Å²) in [5.41, 5.74) is 1.15. The first-order valence-electron chi connectivity index (χ1n) is 8.45. The average Bonchev–Trinajstić information content (AvgIpc) is 2.56. The van der Waals surface area contributed by atoms with Gasteiger partial charge in [-0.3, -0.25) is 0 Å². The molecule has 0 fully saturated rings. The normalized spacial score (nSPS) is 18.3. The second kappa shape index (κ2) is 6.58. The third-order valence-corrected chi connectivity index (χ3v) is 4.73. The van der Waals surface area contributed by atoms with E-state index in [0.717, 1.165) is 24.0 Å². The average molecular weight is 344 g/mol. The van der Waals surface area contributed by atoms with Gasteiger partial charge in [-0.1, -0.05) is 18.2 Å². The van der Waals surface area contributed by atoms with E-state index in [-0.39, 0.29) is 24.0 Å². The number of aliphatic hydroxyl groups excluding tert-OH is 1. The van der Waals surface area contributed by atoms with Crippen LogP contribution in [0.2, 0.25) is 0 Å². The van der Waals surface area contributed by atoms with Crippen LogP contribution < -0.4 is 4.74 Å². The molecule has 1 aliphatic heterocycles. The molecule has 1 heterocycles. The van der Waals surface area contributed by atoms with Crippen LogP contribution >= 0.6 is 0 Å². The number of hydrogen-bond acceptors (Lipinski definition) is 5. The first-order valence-corrected chi connectivity index (χ1v) is 8.45. The van der Waals surface area contributed by atoms with E-state index in [1.807, 2.05) is 18.2 Å². The van der Waals surface area contributed by atoms with Crippen LogP contribution in [0.4, 0.5) is 0 Å². The van der Waals surface area contributed by atoms with E-state index >= 15 is 0 Å². The van der Waals surface area contributed by atoms with Crippen molar-refractivity contribution in [2.24, 2.45) is 0 Å². The van der Waals surface area contributed by atoms with Gasteiger partial charge in [-0.15, -0.1) is 0 Å². The van der Waals surface area contributed by atoms with E-state index in [1.54, 1.807) is 18.2 Å². The second-order valence-corrected chi connectivity index (χ2v) is 7.16. The van der Waals surface area contributed by atoms with Crippen molar-refractivity contribution in [1.29, 1.82) is 0 Å². The third kappa shape index (κ3) is 3.72. The lowest BCUT2D eigenvalue weighted by Crippen LogP contribution is -2.37. The number of benzene rings is 2. The number of hydrogen-bond donors (Lipinski definition) is 4. The largest absolute Gasteiger partial charge is 0.508 e. The van der Waals surface area contributed by atoms with Gasteiger partial charge in [0, 0.05) is 12.0 Å². The number of phenols is 2. The topological polar surface area (TPSA) is 90.2 Å². The van der Waals surface area contributed by atoms with Crippen LogP contribution in [0.25, 0.3) is 0 Å². The molecule has 0 spiro atoms. The Morgan fingerprint density at radius 2 is 1.80 bits per heavy atom. The summed E-state index contributed by atoms with van der Waals surface area (Å²) in [6.45, 7) is 3.06. The quantitative estimate of drug-likeness (QED) is 0.685. The van der Waals surface area contributed by atoms with Gasteiger partial charge in [-0.05, 0) is 56.0 Å². The maximum Gasteiger partial charge on any atom is 0.130 e. The molecule has 2 atom stereocenters. The van der Waals surface area contributed by atoms with Gasteiger partial charge >= 0.3 is 0 Å². The zero-order valence-electron chi connectivity index (χ0n) is 14.4. The summed E-state index contributed by atoms with van der Waals surface area (Å²) in [6, 6.07) is 10.3. The molecule has 0 amide bonds. The molecule has 0 saturated heterocycles. The lowest BCUT2D eigenvalue weighted by atomic mass is 9.90. The highest BCUT2D eigenvalue weighted by atomic mass is 16.5. The first kappa shape index (κ1) is 17.6. The van der Waals surface area contributed by atoms with Gasteiger partial charge in [0.05, 0.1) is 11.7 Å². The lowest BCUT2D eigenvalue weighted by Gasteiger charge is -2.31. The number of rotatable bonds is 4. The molecule has 0 radical (unpaired) electrons. The van der Waals surface area contributed by atoms with Crippen LogP contribution in [0.15, 0.2) is 36.4 Å². The Morgan fingerprint density at radius 3 is 2.44 bits per heavy atom. The van der Waals surface area contributed by atoms with Crippen molar-refractivity contribution in [3.63, 3.8) is 0 Å². The Hall–Kier alpha value is -2.24. The van der Waals surface area contributed by atoms with Gasteiger partial charge in [-0.2, -0.15) is 0 Å². The molecule has 134 valence electrons. The number of aliphatic hydroxyl groups is 2. The summed E-state index contributed by atoms with van der Waals surface area (Å²) < 4.78 is 6.15. The van der Waals surface area contributed by atoms with Gasteiger partial charge in [0.2, 0.25) is 0 Å². The van der Waals surface area contributed by atoms with Crippen molar-refractivity contribution in [2.75, 3.05) is 0 Å². The van der Waals surface area contributed by atoms with E-state index in [9.17, 15) is 20.4 Å². The van der Waals surface area contributed by atoms with Gasteiger partial charge in [0.15, 0.2) is 0 Å². The molecule has 2 aromatic rings. The summed E-state index contributed by atoms with van der Waals surface area (Å²) in [5, 5.41) is 39.9. The van der Waals surface area contributed by atoms with Crippen molar-refractivity contribution in [1.82, 2.24) is 0 Å². The van der Waals surface area contributed by atoms with Gasteiger partial charge in [-0.25, -0.2) is 0 Å². The van der Waals surface area contributed by atoms with Crippen molar-refractivity contribution < 1.29 is 25.2 Å². The molecule has 0 aromatic heterocycles. The van der Waals surface area contributed by atoms with Crippen LogP contribution in [-0.2, 0) is 12.8 Å². The molecule has 1 aliphatic rings. The van der Waals surface area contributed by atoms with Crippen molar-refractivity contribution in [3.8, 4) is 17.2 Å².